The van der Waals surface area contributed by atoms with Crippen molar-refractivity contribution in [2.24, 2.45) is 0 Å². The van der Waals surface area contributed by atoms with Gasteiger partial charge in [-0.3, -0.25) is 4.98 Å². The molecule has 0 N–H and O–H groups in total. The molecule has 5 heteroatoms. The normalized spacial score (nSPS) is 10.7. The van der Waals surface area contributed by atoms with Gasteiger partial charge in [-0.25, -0.2) is 0 Å². The number of para-hydroxylation sites is 2. The zero-order chi connectivity index (χ0) is 16.1. The van der Waals surface area contributed by atoms with Crippen molar-refractivity contribution >= 4 is 34.1 Å². The van der Waals surface area contributed by atoms with Crippen molar-refractivity contribution in [1.29, 1.82) is 0 Å². The SMILES string of the molecule is Clc1cccc(Cl)c1OCCCOc1cccc2cccnc12. The lowest BCUT2D eigenvalue weighted by molar-refractivity contribution is 0.249. The largest absolute Gasteiger partial charge is 0.491 e. The van der Waals surface area contributed by atoms with E-state index in [9.17, 15) is 0 Å². The summed E-state index contributed by atoms with van der Waals surface area (Å²) in [6.45, 7) is 0.999. The van der Waals surface area contributed by atoms with Crippen LogP contribution >= 0.6 is 23.2 Å². The number of halogens is 2. The summed E-state index contributed by atoms with van der Waals surface area (Å²) in [5.41, 5.74) is 0.866. The van der Waals surface area contributed by atoms with E-state index in [1.165, 1.54) is 0 Å². The average molecular weight is 348 g/mol. The summed E-state index contributed by atoms with van der Waals surface area (Å²) in [6, 6.07) is 15.1. The Morgan fingerprint density at radius 1 is 0.826 bits per heavy atom. The molecule has 0 bridgehead atoms. The van der Waals surface area contributed by atoms with Crippen molar-refractivity contribution in [3.63, 3.8) is 0 Å². The standard InChI is InChI=1S/C18H15Cl2NO2/c19-14-7-2-8-15(20)18(14)23-12-4-11-22-16-9-1-5-13-6-3-10-21-17(13)16/h1-3,5-10H,4,11-12H2. The van der Waals surface area contributed by atoms with Gasteiger partial charge in [0.2, 0.25) is 0 Å². The highest BCUT2D eigenvalue weighted by molar-refractivity contribution is 6.37. The molecule has 0 radical (unpaired) electrons. The van der Waals surface area contributed by atoms with Crippen LogP contribution in [-0.2, 0) is 0 Å². The number of ether oxygens (including phenoxy) is 2. The van der Waals surface area contributed by atoms with Crippen molar-refractivity contribution < 1.29 is 9.47 Å². The van der Waals surface area contributed by atoms with Crippen molar-refractivity contribution in [2.75, 3.05) is 13.2 Å². The quantitative estimate of drug-likeness (QED) is 0.560. The van der Waals surface area contributed by atoms with Crippen LogP contribution in [0, 0.1) is 0 Å². The van der Waals surface area contributed by atoms with Gasteiger partial charge in [0.15, 0.2) is 5.75 Å². The molecule has 23 heavy (non-hydrogen) atoms. The molecule has 0 amide bonds. The molecule has 0 fully saturated rings. The van der Waals surface area contributed by atoms with Crippen LogP contribution in [0.4, 0.5) is 0 Å². The molecule has 0 aliphatic carbocycles. The summed E-state index contributed by atoms with van der Waals surface area (Å²) in [4.78, 5) is 4.36. The number of hydrogen-bond acceptors (Lipinski definition) is 3. The van der Waals surface area contributed by atoms with Crippen LogP contribution in [0.25, 0.3) is 10.9 Å². The molecule has 3 nitrogen and oxygen atoms in total. The molecular weight excluding hydrogens is 333 g/mol. The first-order chi connectivity index (χ1) is 11.3. The molecule has 0 saturated heterocycles. The molecule has 2 aromatic carbocycles. The Morgan fingerprint density at radius 3 is 2.35 bits per heavy atom. The fourth-order valence-corrected chi connectivity index (χ4v) is 2.73. The van der Waals surface area contributed by atoms with Gasteiger partial charge in [0.05, 0.1) is 23.3 Å². The van der Waals surface area contributed by atoms with Crippen molar-refractivity contribution in [1.82, 2.24) is 4.98 Å². The topological polar surface area (TPSA) is 31.4 Å². The zero-order valence-electron chi connectivity index (χ0n) is 12.3. The minimum absolute atomic E-state index is 0.474. The van der Waals surface area contributed by atoms with E-state index in [1.54, 1.807) is 24.4 Å². The van der Waals surface area contributed by atoms with E-state index in [4.69, 9.17) is 32.7 Å². The Bertz CT molecular complexity index is 782. The second-order valence-electron chi connectivity index (χ2n) is 4.93. The number of hydrogen-bond donors (Lipinski definition) is 0. The van der Waals surface area contributed by atoms with E-state index in [1.807, 2.05) is 30.3 Å². The molecule has 0 atom stereocenters. The van der Waals surface area contributed by atoms with Gasteiger partial charge >= 0.3 is 0 Å². The Labute approximate surface area is 144 Å². The lowest BCUT2D eigenvalue weighted by Gasteiger charge is -2.11. The first kappa shape index (κ1) is 15.9. The summed E-state index contributed by atoms with van der Waals surface area (Å²) < 4.78 is 11.4. The molecule has 3 aromatic rings. The summed E-state index contributed by atoms with van der Waals surface area (Å²) in [6.07, 6.45) is 2.47. The molecule has 3 rings (SSSR count). The van der Waals surface area contributed by atoms with Crippen LogP contribution in [0.15, 0.2) is 54.7 Å². The molecule has 0 aliphatic heterocycles. The highest BCUT2D eigenvalue weighted by Crippen LogP contribution is 2.32. The fraction of sp³-hybridized carbons (Fsp3) is 0.167. The van der Waals surface area contributed by atoms with E-state index < -0.39 is 0 Å². The molecule has 1 aromatic heterocycles. The van der Waals surface area contributed by atoms with Gasteiger partial charge in [0, 0.05) is 18.0 Å². The fourth-order valence-electron chi connectivity index (χ4n) is 2.23. The van der Waals surface area contributed by atoms with Gasteiger partial charge < -0.3 is 9.47 Å². The van der Waals surface area contributed by atoms with Gasteiger partial charge in [-0.1, -0.05) is 47.5 Å². The number of pyridine rings is 1. The molecule has 118 valence electrons. The van der Waals surface area contributed by atoms with E-state index in [0.29, 0.717) is 35.4 Å². The van der Waals surface area contributed by atoms with E-state index in [-0.39, 0.29) is 0 Å². The summed E-state index contributed by atoms with van der Waals surface area (Å²) >= 11 is 12.1. The van der Waals surface area contributed by atoms with Gasteiger partial charge in [0.1, 0.15) is 11.3 Å². The maximum absolute atomic E-state index is 6.05. The minimum atomic E-state index is 0.474. The minimum Gasteiger partial charge on any atom is -0.491 e. The van der Waals surface area contributed by atoms with Crippen molar-refractivity contribution in [3.8, 4) is 11.5 Å². The van der Waals surface area contributed by atoms with Crippen LogP contribution in [0.5, 0.6) is 11.5 Å². The summed E-state index contributed by atoms with van der Waals surface area (Å²) in [7, 11) is 0. The Morgan fingerprint density at radius 2 is 1.52 bits per heavy atom. The van der Waals surface area contributed by atoms with Crippen molar-refractivity contribution in [3.05, 3.63) is 64.8 Å². The van der Waals surface area contributed by atoms with Crippen LogP contribution in [0.3, 0.4) is 0 Å². The number of benzene rings is 2. The first-order valence-corrected chi connectivity index (χ1v) is 8.04. The maximum Gasteiger partial charge on any atom is 0.156 e. The number of fused-ring (bicyclic) bond motifs is 1. The van der Waals surface area contributed by atoms with E-state index in [2.05, 4.69) is 4.98 Å². The highest BCUT2D eigenvalue weighted by atomic mass is 35.5. The second kappa shape index (κ2) is 7.53. The van der Waals surface area contributed by atoms with Gasteiger partial charge in [-0.05, 0) is 24.3 Å². The van der Waals surface area contributed by atoms with Crippen LogP contribution in [0.1, 0.15) is 6.42 Å². The second-order valence-corrected chi connectivity index (χ2v) is 5.75. The first-order valence-electron chi connectivity index (χ1n) is 7.29. The highest BCUT2D eigenvalue weighted by Gasteiger charge is 2.06. The number of rotatable bonds is 6. The van der Waals surface area contributed by atoms with E-state index >= 15 is 0 Å². The van der Waals surface area contributed by atoms with Crippen LogP contribution in [0.2, 0.25) is 10.0 Å². The third-order valence-corrected chi connectivity index (χ3v) is 3.90. The zero-order valence-corrected chi connectivity index (χ0v) is 13.8. The van der Waals surface area contributed by atoms with Crippen LogP contribution in [-0.4, -0.2) is 18.2 Å². The Balaban J connectivity index is 1.54. The third kappa shape index (κ3) is 3.87. The number of nitrogens with zero attached hydrogens (tertiary/aromatic N) is 1. The summed E-state index contributed by atoms with van der Waals surface area (Å²) in [5.74, 6) is 1.29. The molecule has 0 unspecified atom stereocenters. The molecule has 1 heterocycles. The Kier molecular flexibility index (Phi) is 5.21. The lowest BCUT2D eigenvalue weighted by atomic mass is 10.2. The van der Waals surface area contributed by atoms with Gasteiger partial charge in [-0.15, -0.1) is 0 Å². The summed E-state index contributed by atoms with van der Waals surface area (Å²) in [5, 5.41) is 2.08. The third-order valence-electron chi connectivity index (χ3n) is 3.31. The molecular formula is C18H15Cl2NO2. The van der Waals surface area contributed by atoms with Gasteiger partial charge in [0.25, 0.3) is 0 Å². The molecule has 0 saturated carbocycles. The Hall–Kier alpha value is -1.97. The predicted molar refractivity (Wildman–Crippen MR) is 93.8 cm³/mol. The monoisotopic (exact) mass is 347 g/mol. The smallest absolute Gasteiger partial charge is 0.156 e. The van der Waals surface area contributed by atoms with Crippen LogP contribution < -0.4 is 9.47 Å². The van der Waals surface area contributed by atoms with Gasteiger partial charge in [-0.2, -0.15) is 0 Å². The predicted octanol–water partition coefficient (Wildman–Crippen LogP) is 5.39. The lowest BCUT2D eigenvalue weighted by Crippen LogP contribution is -2.06. The number of aromatic nitrogens is 1. The maximum atomic E-state index is 6.05. The average Bonchev–Trinajstić information content (AvgIpc) is 2.57. The molecule has 0 aliphatic rings. The van der Waals surface area contributed by atoms with E-state index in [0.717, 1.165) is 16.7 Å². The molecule has 0 spiro atoms. The van der Waals surface area contributed by atoms with Crippen molar-refractivity contribution in [2.45, 2.75) is 6.42 Å².